The molecule has 0 heterocycles. The third-order valence-corrected chi connectivity index (χ3v) is 12.1. The molecule has 214 valence electrons. The Morgan fingerprint density at radius 2 is 1.95 bits per heavy atom. The minimum atomic E-state index is -0.634. The van der Waals surface area contributed by atoms with Gasteiger partial charge in [-0.15, -0.1) is 0 Å². The Bertz CT molecular complexity index is 1070. The number of rotatable bonds is 8. The van der Waals surface area contributed by atoms with E-state index < -0.39 is 5.60 Å². The molecular formula is C35H51NO3. The summed E-state index contributed by atoms with van der Waals surface area (Å²) in [6, 6.07) is 9.77. The van der Waals surface area contributed by atoms with Crippen molar-refractivity contribution in [2.75, 3.05) is 6.61 Å². The zero-order valence-corrected chi connectivity index (χ0v) is 24.6. The number of carbonyl (C=O) groups is 1. The average molecular weight is 534 g/mol. The standard InChI is InChI=1S/C35H51NO3/c1-4-32(36-26-9-5-6-10-26)24-8-7-11-28(22-24)39-19-18-35-17-14-30-29-13-12-27(37)21-25(29)20-23(2)33(30)31(35)15-16-34(35,3)38/h7-8,11,21-23,26,29-33,36,38H,4-6,9-10,12-20H2,1-3H3/t23-,29?,30?,31?,32?,33?,34+,35-/m1/s1. The van der Waals surface area contributed by atoms with Crippen LogP contribution in [0.3, 0.4) is 0 Å². The summed E-state index contributed by atoms with van der Waals surface area (Å²) in [6.07, 6.45) is 16.4. The molecule has 0 amide bonds. The molecule has 2 N–H and O–H groups in total. The molecule has 4 saturated carbocycles. The van der Waals surface area contributed by atoms with Gasteiger partial charge in [0.1, 0.15) is 5.75 Å². The molecule has 8 atom stereocenters. The van der Waals surface area contributed by atoms with E-state index in [2.05, 4.69) is 50.4 Å². The fraction of sp³-hybridized carbons (Fsp3) is 0.743. The third kappa shape index (κ3) is 5.03. The van der Waals surface area contributed by atoms with Crippen molar-refractivity contribution in [3.63, 3.8) is 0 Å². The van der Waals surface area contributed by atoms with Crippen molar-refractivity contribution in [3.8, 4) is 5.75 Å². The quantitative estimate of drug-likeness (QED) is 0.362. The lowest BCUT2D eigenvalue weighted by atomic mass is 9.47. The van der Waals surface area contributed by atoms with Crippen LogP contribution in [0, 0.1) is 35.0 Å². The fourth-order valence-corrected chi connectivity index (χ4v) is 10.2. The molecule has 4 nitrogen and oxygen atoms in total. The van der Waals surface area contributed by atoms with Crippen molar-refractivity contribution in [1.29, 1.82) is 0 Å². The molecule has 4 heteroatoms. The highest BCUT2D eigenvalue weighted by molar-refractivity contribution is 5.91. The van der Waals surface area contributed by atoms with Crippen LogP contribution in [0.1, 0.15) is 116 Å². The van der Waals surface area contributed by atoms with E-state index in [0.29, 0.717) is 54.1 Å². The first-order valence-electron chi connectivity index (χ1n) is 16.3. The molecule has 1 aromatic carbocycles. The molecule has 0 spiro atoms. The van der Waals surface area contributed by atoms with Gasteiger partial charge in [0.2, 0.25) is 0 Å². The van der Waals surface area contributed by atoms with Gasteiger partial charge in [-0.3, -0.25) is 4.79 Å². The minimum Gasteiger partial charge on any atom is -0.494 e. The summed E-state index contributed by atoms with van der Waals surface area (Å²) in [5, 5.41) is 15.7. The highest BCUT2D eigenvalue weighted by Crippen LogP contribution is 2.67. The van der Waals surface area contributed by atoms with Crippen LogP contribution in [0.5, 0.6) is 5.75 Å². The Balaban J connectivity index is 1.15. The fourth-order valence-electron chi connectivity index (χ4n) is 10.2. The van der Waals surface area contributed by atoms with Gasteiger partial charge in [-0.2, -0.15) is 0 Å². The number of carbonyl (C=O) groups excluding carboxylic acids is 1. The van der Waals surface area contributed by atoms with Crippen molar-refractivity contribution >= 4 is 5.78 Å². The van der Waals surface area contributed by atoms with E-state index in [-0.39, 0.29) is 5.41 Å². The first-order chi connectivity index (χ1) is 18.8. The number of nitrogens with one attached hydrogen (secondary N) is 1. The van der Waals surface area contributed by atoms with Crippen molar-refractivity contribution in [1.82, 2.24) is 5.32 Å². The van der Waals surface area contributed by atoms with Crippen LogP contribution in [0.2, 0.25) is 0 Å². The lowest BCUT2D eigenvalue weighted by Gasteiger charge is -2.58. The van der Waals surface area contributed by atoms with Crippen LogP contribution in [0.15, 0.2) is 35.9 Å². The topological polar surface area (TPSA) is 58.6 Å². The number of benzene rings is 1. The molecular weight excluding hydrogens is 482 g/mol. The first-order valence-corrected chi connectivity index (χ1v) is 16.3. The number of hydrogen-bond acceptors (Lipinski definition) is 4. The average Bonchev–Trinajstić information content (AvgIpc) is 3.53. The second-order valence-corrected chi connectivity index (χ2v) is 14.1. The highest BCUT2D eigenvalue weighted by Gasteiger charge is 2.63. The second-order valence-electron chi connectivity index (χ2n) is 14.1. The van der Waals surface area contributed by atoms with E-state index in [1.165, 1.54) is 43.2 Å². The van der Waals surface area contributed by atoms with E-state index in [1.54, 1.807) is 0 Å². The highest BCUT2D eigenvalue weighted by atomic mass is 16.5. The largest absolute Gasteiger partial charge is 0.494 e. The van der Waals surface area contributed by atoms with E-state index >= 15 is 0 Å². The zero-order valence-electron chi connectivity index (χ0n) is 24.6. The third-order valence-electron chi connectivity index (χ3n) is 12.1. The zero-order chi connectivity index (χ0) is 27.2. The first kappa shape index (κ1) is 27.5. The molecule has 0 saturated heterocycles. The Morgan fingerprint density at radius 1 is 1.13 bits per heavy atom. The number of ether oxygens (including phenoxy) is 1. The molecule has 1 aromatic rings. The van der Waals surface area contributed by atoms with Crippen molar-refractivity contribution < 1.29 is 14.6 Å². The molecule has 0 aliphatic heterocycles. The van der Waals surface area contributed by atoms with Gasteiger partial charge in [0, 0.05) is 23.9 Å². The van der Waals surface area contributed by atoms with Gasteiger partial charge in [0.15, 0.2) is 5.78 Å². The van der Waals surface area contributed by atoms with Gasteiger partial charge in [0.05, 0.1) is 12.2 Å². The lowest BCUT2D eigenvalue weighted by molar-refractivity contribution is -0.136. The van der Waals surface area contributed by atoms with Crippen LogP contribution in [0.4, 0.5) is 0 Å². The van der Waals surface area contributed by atoms with E-state index in [0.717, 1.165) is 57.1 Å². The summed E-state index contributed by atoms with van der Waals surface area (Å²) in [7, 11) is 0. The monoisotopic (exact) mass is 533 g/mol. The molecule has 4 fully saturated rings. The van der Waals surface area contributed by atoms with E-state index in [1.807, 2.05) is 6.08 Å². The van der Waals surface area contributed by atoms with E-state index in [9.17, 15) is 9.90 Å². The van der Waals surface area contributed by atoms with Gasteiger partial charge in [-0.05, 0) is 124 Å². The maximum absolute atomic E-state index is 12.2. The predicted octanol–water partition coefficient (Wildman–Crippen LogP) is 7.56. The molecule has 0 bridgehead atoms. The van der Waals surface area contributed by atoms with Gasteiger partial charge in [-0.25, -0.2) is 0 Å². The molecule has 0 aromatic heterocycles. The normalized spacial score (nSPS) is 39.0. The van der Waals surface area contributed by atoms with Crippen molar-refractivity contribution in [3.05, 3.63) is 41.5 Å². The lowest BCUT2D eigenvalue weighted by Crippen LogP contribution is -2.55. The van der Waals surface area contributed by atoms with Crippen LogP contribution >= 0.6 is 0 Å². The smallest absolute Gasteiger partial charge is 0.155 e. The molecule has 0 radical (unpaired) electrons. The van der Waals surface area contributed by atoms with Crippen LogP contribution in [0.25, 0.3) is 0 Å². The summed E-state index contributed by atoms with van der Waals surface area (Å²) >= 11 is 0. The summed E-state index contributed by atoms with van der Waals surface area (Å²) in [6.45, 7) is 7.47. The number of hydrogen-bond donors (Lipinski definition) is 2. The van der Waals surface area contributed by atoms with Crippen molar-refractivity contribution in [2.24, 2.45) is 35.0 Å². The Hall–Kier alpha value is -1.65. The number of allylic oxidation sites excluding steroid dienone is 1. The summed E-state index contributed by atoms with van der Waals surface area (Å²) in [5.41, 5.74) is 2.07. The van der Waals surface area contributed by atoms with Gasteiger partial charge in [0.25, 0.3) is 0 Å². The number of ketones is 1. The summed E-state index contributed by atoms with van der Waals surface area (Å²) in [5.74, 6) is 4.35. The van der Waals surface area contributed by atoms with Crippen LogP contribution in [-0.2, 0) is 4.79 Å². The molecule has 5 unspecified atom stereocenters. The molecule has 6 rings (SSSR count). The minimum absolute atomic E-state index is 0.0677. The molecule has 39 heavy (non-hydrogen) atoms. The van der Waals surface area contributed by atoms with Crippen LogP contribution in [-0.4, -0.2) is 29.1 Å². The second kappa shape index (κ2) is 11.0. The molecule has 5 aliphatic rings. The predicted molar refractivity (Wildman–Crippen MR) is 157 cm³/mol. The van der Waals surface area contributed by atoms with Gasteiger partial charge >= 0.3 is 0 Å². The van der Waals surface area contributed by atoms with E-state index in [4.69, 9.17) is 4.74 Å². The Kier molecular flexibility index (Phi) is 7.74. The number of aliphatic hydroxyl groups is 1. The van der Waals surface area contributed by atoms with Crippen LogP contribution < -0.4 is 10.1 Å². The maximum atomic E-state index is 12.2. The SMILES string of the molecule is CCC(NC1CCCC1)c1cccc(OCC[C@]23CCC4C5CCC(=O)C=C5C[C@@H](C)C4C2CC[C@]3(C)O)c1. The Morgan fingerprint density at radius 3 is 2.74 bits per heavy atom. The molecule has 5 aliphatic carbocycles. The van der Waals surface area contributed by atoms with Gasteiger partial charge in [-0.1, -0.05) is 44.4 Å². The number of fused-ring (bicyclic) bond motifs is 5. The Labute approximate surface area is 236 Å². The summed E-state index contributed by atoms with van der Waals surface area (Å²) in [4.78, 5) is 12.2. The van der Waals surface area contributed by atoms with Crippen molar-refractivity contribution in [2.45, 2.75) is 122 Å². The maximum Gasteiger partial charge on any atom is 0.155 e. The summed E-state index contributed by atoms with van der Waals surface area (Å²) < 4.78 is 6.49. The van der Waals surface area contributed by atoms with Gasteiger partial charge < -0.3 is 15.2 Å².